The van der Waals surface area contributed by atoms with Crippen molar-refractivity contribution in [3.63, 3.8) is 0 Å². The number of hydrogen-bond acceptors (Lipinski definition) is 4. The molecule has 0 amide bonds. The van der Waals surface area contributed by atoms with Gasteiger partial charge in [-0.15, -0.1) is 0 Å². The molecule has 0 spiro atoms. The van der Waals surface area contributed by atoms with Crippen LogP contribution >= 0.6 is 0 Å². The van der Waals surface area contributed by atoms with E-state index < -0.39 is 16.0 Å². The molecule has 1 aromatic carbocycles. The van der Waals surface area contributed by atoms with E-state index in [2.05, 4.69) is 4.72 Å². The fourth-order valence-corrected chi connectivity index (χ4v) is 3.11. The molecule has 19 heavy (non-hydrogen) atoms. The third kappa shape index (κ3) is 3.05. The molecule has 1 saturated carbocycles. The molecule has 0 radical (unpaired) electrons. The number of aromatic carboxylic acids is 1. The van der Waals surface area contributed by atoms with Crippen molar-refractivity contribution in [3.05, 3.63) is 23.8 Å². The number of carbonyl (C=O) groups is 1. The number of rotatable bonds is 5. The first kappa shape index (κ1) is 13.8. The SMILES string of the molecule is CC1(CNS(=O)(=O)c2cc(N)ccc2C(=O)O)CC1. The first-order valence-electron chi connectivity index (χ1n) is 5.86. The molecule has 0 aliphatic heterocycles. The maximum absolute atomic E-state index is 12.2. The largest absolute Gasteiger partial charge is 0.478 e. The first-order valence-corrected chi connectivity index (χ1v) is 7.34. The minimum absolute atomic E-state index is 0.00319. The molecule has 1 aliphatic rings. The monoisotopic (exact) mass is 284 g/mol. The lowest BCUT2D eigenvalue weighted by Gasteiger charge is -2.13. The highest BCUT2D eigenvalue weighted by Crippen LogP contribution is 2.44. The van der Waals surface area contributed by atoms with E-state index in [1.807, 2.05) is 6.92 Å². The van der Waals surface area contributed by atoms with Gasteiger partial charge in [0.25, 0.3) is 0 Å². The highest BCUT2D eigenvalue weighted by atomic mass is 32.2. The summed E-state index contributed by atoms with van der Waals surface area (Å²) in [5.41, 5.74) is 5.47. The van der Waals surface area contributed by atoms with E-state index in [0.29, 0.717) is 6.54 Å². The summed E-state index contributed by atoms with van der Waals surface area (Å²) < 4.78 is 26.8. The fraction of sp³-hybridized carbons (Fsp3) is 0.417. The van der Waals surface area contributed by atoms with Crippen molar-refractivity contribution in [2.75, 3.05) is 12.3 Å². The number of anilines is 1. The fourth-order valence-electron chi connectivity index (χ4n) is 1.68. The van der Waals surface area contributed by atoms with Crippen molar-refractivity contribution in [1.29, 1.82) is 0 Å². The maximum Gasteiger partial charge on any atom is 0.337 e. The molecule has 2 rings (SSSR count). The highest BCUT2D eigenvalue weighted by Gasteiger charge is 2.38. The molecule has 0 unspecified atom stereocenters. The number of nitrogens with one attached hydrogen (secondary N) is 1. The summed E-state index contributed by atoms with van der Waals surface area (Å²) in [6, 6.07) is 3.73. The zero-order chi connectivity index (χ0) is 14.3. The van der Waals surface area contributed by atoms with Crippen LogP contribution in [0.5, 0.6) is 0 Å². The average molecular weight is 284 g/mol. The van der Waals surface area contributed by atoms with Gasteiger partial charge in [0.15, 0.2) is 0 Å². The lowest BCUT2D eigenvalue weighted by atomic mass is 10.2. The molecule has 0 saturated heterocycles. The average Bonchev–Trinajstić information content (AvgIpc) is 3.05. The zero-order valence-electron chi connectivity index (χ0n) is 10.5. The van der Waals surface area contributed by atoms with Crippen LogP contribution in [-0.2, 0) is 10.0 Å². The van der Waals surface area contributed by atoms with Crippen molar-refractivity contribution in [2.24, 2.45) is 5.41 Å². The van der Waals surface area contributed by atoms with Crippen molar-refractivity contribution in [1.82, 2.24) is 4.72 Å². The predicted octanol–water partition coefficient (Wildman–Crippen LogP) is 1.05. The summed E-state index contributed by atoms with van der Waals surface area (Å²) in [5.74, 6) is -1.29. The maximum atomic E-state index is 12.2. The molecule has 0 aromatic heterocycles. The number of nitrogens with two attached hydrogens (primary N) is 1. The van der Waals surface area contributed by atoms with E-state index in [1.54, 1.807) is 0 Å². The topological polar surface area (TPSA) is 109 Å². The standard InChI is InChI=1S/C12H16N2O4S/c1-12(4-5-12)7-14-19(17,18)10-6-8(13)2-3-9(10)11(15)16/h2-3,6,14H,4-5,7,13H2,1H3,(H,15,16). The van der Waals surface area contributed by atoms with E-state index >= 15 is 0 Å². The Kier molecular flexibility index (Phi) is 3.27. The van der Waals surface area contributed by atoms with Crippen LogP contribution in [0.25, 0.3) is 0 Å². The van der Waals surface area contributed by atoms with E-state index in [0.717, 1.165) is 12.8 Å². The van der Waals surface area contributed by atoms with Crippen LogP contribution in [0.3, 0.4) is 0 Å². The minimum Gasteiger partial charge on any atom is -0.478 e. The van der Waals surface area contributed by atoms with Crippen LogP contribution in [0, 0.1) is 5.41 Å². The van der Waals surface area contributed by atoms with Crippen LogP contribution in [0.15, 0.2) is 23.1 Å². The third-order valence-corrected chi connectivity index (χ3v) is 4.76. The number of nitrogen functional groups attached to an aromatic ring is 1. The summed E-state index contributed by atoms with van der Waals surface area (Å²) in [4.78, 5) is 10.8. The van der Waals surface area contributed by atoms with Crippen LogP contribution in [0.1, 0.15) is 30.1 Å². The van der Waals surface area contributed by atoms with Gasteiger partial charge in [-0.25, -0.2) is 17.9 Å². The van der Waals surface area contributed by atoms with Crippen LogP contribution < -0.4 is 10.5 Å². The van der Waals surface area contributed by atoms with Crippen molar-refractivity contribution in [2.45, 2.75) is 24.7 Å². The van der Waals surface area contributed by atoms with Crippen LogP contribution in [0.2, 0.25) is 0 Å². The molecule has 0 heterocycles. The minimum atomic E-state index is -3.86. The molecule has 1 aromatic rings. The third-order valence-electron chi connectivity index (χ3n) is 3.32. The van der Waals surface area contributed by atoms with Crippen LogP contribution in [0.4, 0.5) is 5.69 Å². The Hall–Kier alpha value is -1.60. The summed E-state index contributed by atoms with van der Waals surface area (Å²) >= 11 is 0. The van der Waals surface area contributed by atoms with Crippen molar-refractivity contribution in [3.8, 4) is 0 Å². The molecule has 0 bridgehead atoms. The van der Waals surface area contributed by atoms with Gasteiger partial charge in [-0.05, 0) is 36.5 Å². The number of carboxylic acid groups (broad SMARTS) is 1. The van der Waals surface area contributed by atoms with Crippen molar-refractivity contribution < 1.29 is 18.3 Å². The van der Waals surface area contributed by atoms with Gasteiger partial charge in [0.05, 0.1) is 10.5 Å². The summed E-state index contributed by atoms with van der Waals surface area (Å²) in [5, 5.41) is 9.03. The van der Waals surface area contributed by atoms with Gasteiger partial charge in [0, 0.05) is 12.2 Å². The molecule has 1 fully saturated rings. The van der Waals surface area contributed by atoms with Gasteiger partial charge in [0.1, 0.15) is 0 Å². The first-order chi connectivity index (χ1) is 8.73. The number of hydrogen-bond donors (Lipinski definition) is 3. The van der Waals surface area contributed by atoms with Crippen molar-refractivity contribution >= 4 is 21.7 Å². The Morgan fingerprint density at radius 1 is 1.47 bits per heavy atom. The van der Waals surface area contributed by atoms with Crippen LogP contribution in [-0.4, -0.2) is 26.0 Å². The number of carboxylic acids is 1. The lowest BCUT2D eigenvalue weighted by molar-refractivity contribution is 0.0692. The molecular formula is C12H16N2O4S. The normalized spacial score (nSPS) is 17.1. The smallest absolute Gasteiger partial charge is 0.337 e. The van der Waals surface area contributed by atoms with Gasteiger partial charge in [-0.3, -0.25) is 0 Å². The molecule has 1 aliphatic carbocycles. The second-order valence-corrected chi connectivity index (χ2v) is 6.93. The molecule has 7 heteroatoms. The Bertz CT molecular complexity index is 621. The summed E-state index contributed by atoms with van der Waals surface area (Å²) in [6.45, 7) is 2.29. The summed E-state index contributed by atoms with van der Waals surface area (Å²) in [6.07, 6.45) is 1.94. The summed E-state index contributed by atoms with van der Waals surface area (Å²) in [7, 11) is -3.86. The Labute approximate surface area is 111 Å². The second kappa shape index (κ2) is 4.50. The zero-order valence-corrected chi connectivity index (χ0v) is 11.3. The Morgan fingerprint density at radius 3 is 2.63 bits per heavy atom. The number of benzene rings is 1. The molecular weight excluding hydrogens is 268 g/mol. The lowest BCUT2D eigenvalue weighted by Crippen LogP contribution is -2.30. The molecule has 4 N–H and O–H groups in total. The van der Waals surface area contributed by atoms with Gasteiger partial charge in [-0.1, -0.05) is 6.92 Å². The van der Waals surface area contributed by atoms with Gasteiger partial charge >= 0.3 is 5.97 Å². The molecule has 0 atom stereocenters. The number of sulfonamides is 1. The van der Waals surface area contributed by atoms with Gasteiger partial charge < -0.3 is 10.8 Å². The highest BCUT2D eigenvalue weighted by molar-refractivity contribution is 7.89. The second-order valence-electron chi connectivity index (χ2n) is 5.20. The van der Waals surface area contributed by atoms with E-state index in [1.165, 1.54) is 18.2 Å². The molecule has 104 valence electrons. The Morgan fingerprint density at radius 2 is 2.11 bits per heavy atom. The quantitative estimate of drug-likeness (QED) is 0.700. The Balaban J connectivity index is 2.33. The predicted molar refractivity (Wildman–Crippen MR) is 70.3 cm³/mol. The van der Waals surface area contributed by atoms with E-state index in [4.69, 9.17) is 10.8 Å². The van der Waals surface area contributed by atoms with E-state index in [9.17, 15) is 13.2 Å². The van der Waals surface area contributed by atoms with Gasteiger partial charge in [0.2, 0.25) is 10.0 Å². The van der Waals surface area contributed by atoms with E-state index in [-0.39, 0.29) is 21.6 Å². The van der Waals surface area contributed by atoms with Gasteiger partial charge in [-0.2, -0.15) is 0 Å². The molecule has 6 nitrogen and oxygen atoms in total.